The summed E-state index contributed by atoms with van der Waals surface area (Å²) in [6.45, 7) is 7.76. The van der Waals surface area contributed by atoms with Gasteiger partial charge in [0.25, 0.3) is 0 Å². The summed E-state index contributed by atoms with van der Waals surface area (Å²) in [7, 11) is 0. The van der Waals surface area contributed by atoms with Gasteiger partial charge in [0.2, 0.25) is 0 Å². The molecule has 1 heterocycles. The number of aromatic nitrogens is 2. The number of ketones is 1. The highest BCUT2D eigenvalue weighted by Gasteiger charge is 2.12. The molecule has 0 unspecified atom stereocenters. The van der Waals surface area contributed by atoms with E-state index in [4.69, 9.17) is 0 Å². The van der Waals surface area contributed by atoms with E-state index in [9.17, 15) is 4.79 Å². The maximum Gasteiger partial charge on any atom is 0.168 e. The Labute approximate surface area is 113 Å². The molecule has 98 valence electrons. The standard InChI is InChI=1S/C16H18N2O/c1-10-6-5-7-14(8-10)16(19)9-15-11(2)12(3)17-13(4)18-15/h5-8H,9H2,1-4H3. The second kappa shape index (κ2) is 5.31. The average Bonchev–Trinajstić information content (AvgIpc) is 2.35. The van der Waals surface area contributed by atoms with Gasteiger partial charge in [0.05, 0.1) is 12.1 Å². The molecular weight excluding hydrogens is 236 g/mol. The minimum absolute atomic E-state index is 0.101. The highest BCUT2D eigenvalue weighted by molar-refractivity contribution is 5.97. The molecule has 0 N–H and O–H groups in total. The molecule has 2 aromatic rings. The van der Waals surface area contributed by atoms with Gasteiger partial charge in [-0.05, 0) is 39.3 Å². The second-order valence-electron chi connectivity index (χ2n) is 4.90. The lowest BCUT2D eigenvalue weighted by molar-refractivity contribution is 0.0991. The van der Waals surface area contributed by atoms with E-state index in [0.717, 1.165) is 33.9 Å². The van der Waals surface area contributed by atoms with Crippen LogP contribution in [0.5, 0.6) is 0 Å². The molecule has 0 fully saturated rings. The van der Waals surface area contributed by atoms with E-state index in [1.54, 1.807) is 0 Å². The smallest absolute Gasteiger partial charge is 0.168 e. The summed E-state index contributed by atoms with van der Waals surface area (Å²) in [5, 5.41) is 0. The summed E-state index contributed by atoms with van der Waals surface area (Å²) in [5.41, 5.74) is 4.62. The summed E-state index contributed by atoms with van der Waals surface area (Å²) in [4.78, 5) is 21.0. The second-order valence-corrected chi connectivity index (χ2v) is 4.90. The Morgan fingerprint density at radius 1 is 1.11 bits per heavy atom. The van der Waals surface area contributed by atoms with Crippen LogP contribution >= 0.6 is 0 Å². The molecule has 0 aliphatic rings. The number of carbonyl (C=O) groups excluding carboxylic acids is 1. The highest BCUT2D eigenvalue weighted by atomic mass is 16.1. The molecular formula is C16H18N2O. The minimum atomic E-state index is 0.101. The molecule has 19 heavy (non-hydrogen) atoms. The van der Waals surface area contributed by atoms with Gasteiger partial charge in [-0.1, -0.05) is 23.8 Å². The van der Waals surface area contributed by atoms with Gasteiger partial charge in [-0.15, -0.1) is 0 Å². The molecule has 0 bridgehead atoms. The Hall–Kier alpha value is -2.03. The molecule has 0 amide bonds. The number of rotatable bonds is 3. The van der Waals surface area contributed by atoms with Crippen molar-refractivity contribution in [3.8, 4) is 0 Å². The van der Waals surface area contributed by atoms with E-state index in [2.05, 4.69) is 9.97 Å². The zero-order valence-electron chi connectivity index (χ0n) is 11.8. The van der Waals surface area contributed by atoms with Crippen molar-refractivity contribution in [2.75, 3.05) is 0 Å². The average molecular weight is 254 g/mol. The number of carbonyl (C=O) groups is 1. The third kappa shape index (κ3) is 3.05. The van der Waals surface area contributed by atoms with E-state index >= 15 is 0 Å². The summed E-state index contributed by atoms with van der Waals surface area (Å²) in [6, 6.07) is 7.66. The number of hydrogen-bond acceptors (Lipinski definition) is 3. The lowest BCUT2D eigenvalue weighted by Gasteiger charge is -2.08. The molecule has 2 rings (SSSR count). The monoisotopic (exact) mass is 254 g/mol. The van der Waals surface area contributed by atoms with Crippen LogP contribution in [-0.2, 0) is 6.42 Å². The molecule has 0 radical (unpaired) electrons. The van der Waals surface area contributed by atoms with Gasteiger partial charge < -0.3 is 0 Å². The van der Waals surface area contributed by atoms with Crippen LogP contribution in [0.25, 0.3) is 0 Å². The van der Waals surface area contributed by atoms with E-state index in [0.29, 0.717) is 6.42 Å². The quantitative estimate of drug-likeness (QED) is 0.790. The van der Waals surface area contributed by atoms with Crippen molar-refractivity contribution in [3.63, 3.8) is 0 Å². The van der Waals surface area contributed by atoms with Crippen molar-refractivity contribution in [1.82, 2.24) is 9.97 Å². The first-order chi connectivity index (χ1) is 8.97. The number of Topliss-reactive ketones (excluding diaryl/α,β-unsaturated/α-hetero) is 1. The van der Waals surface area contributed by atoms with Crippen LogP contribution in [0.3, 0.4) is 0 Å². The number of aryl methyl sites for hydroxylation is 3. The summed E-state index contributed by atoms with van der Waals surface area (Å²) < 4.78 is 0. The van der Waals surface area contributed by atoms with Crippen LogP contribution in [0.4, 0.5) is 0 Å². The first-order valence-electron chi connectivity index (χ1n) is 6.38. The fourth-order valence-corrected chi connectivity index (χ4v) is 2.08. The van der Waals surface area contributed by atoms with Crippen molar-refractivity contribution >= 4 is 5.78 Å². The Morgan fingerprint density at radius 3 is 2.53 bits per heavy atom. The molecule has 0 spiro atoms. The third-order valence-electron chi connectivity index (χ3n) is 3.27. The van der Waals surface area contributed by atoms with Crippen molar-refractivity contribution in [3.05, 3.63) is 58.2 Å². The molecule has 0 atom stereocenters. The first-order valence-corrected chi connectivity index (χ1v) is 6.38. The molecule has 0 saturated carbocycles. The van der Waals surface area contributed by atoms with Crippen molar-refractivity contribution < 1.29 is 4.79 Å². The number of hydrogen-bond donors (Lipinski definition) is 0. The Kier molecular flexibility index (Phi) is 3.74. The van der Waals surface area contributed by atoms with Gasteiger partial charge in [-0.3, -0.25) is 4.79 Å². The first kappa shape index (κ1) is 13.4. The summed E-state index contributed by atoms with van der Waals surface area (Å²) in [6.07, 6.45) is 0.333. The van der Waals surface area contributed by atoms with Gasteiger partial charge in [0.1, 0.15) is 5.82 Å². The maximum atomic E-state index is 12.3. The van der Waals surface area contributed by atoms with Crippen molar-refractivity contribution in [2.45, 2.75) is 34.1 Å². The van der Waals surface area contributed by atoms with Crippen LogP contribution in [-0.4, -0.2) is 15.8 Å². The predicted molar refractivity (Wildman–Crippen MR) is 75.5 cm³/mol. The Balaban J connectivity index is 2.29. The van der Waals surface area contributed by atoms with Crippen LogP contribution < -0.4 is 0 Å². The van der Waals surface area contributed by atoms with E-state index in [-0.39, 0.29) is 5.78 Å². The predicted octanol–water partition coefficient (Wildman–Crippen LogP) is 3.14. The summed E-state index contributed by atoms with van der Waals surface area (Å²) >= 11 is 0. The van der Waals surface area contributed by atoms with Gasteiger partial charge in [0, 0.05) is 11.3 Å². The lowest BCUT2D eigenvalue weighted by Crippen LogP contribution is -2.10. The normalized spacial score (nSPS) is 10.5. The van der Waals surface area contributed by atoms with Gasteiger partial charge in [-0.25, -0.2) is 9.97 Å². The molecule has 3 heteroatoms. The van der Waals surface area contributed by atoms with E-state index in [1.165, 1.54) is 0 Å². The fourth-order valence-electron chi connectivity index (χ4n) is 2.08. The minimum Gasteiger partial charge on any atom is -0.294 e. The van der Waals surface area contributed by atoms with E-state index in [1.807, 2.05) is 52.0 Å². The fraction of sp³-hybridized carbons (Fsp3) is 0.312. The molecule has 1 aromatic carbocycles. The SMILES string of the molecule is Cc1cccc(C(=O)Cc2nc(C)nc(C)c2C)c1. The highest BCUT2D eigenvalue weighted by Crippen LogP contribution is 2.13. The van der Waals surface area contributed by atoms with Crippen molar-refractivity contribution in [2.24, 2.45) is 0 Å². The maximum absolute atomic E-state index is 12.3. The van der Waals surface area contributed by atoms with Crippen LogP contribution in [0.2, 0.25) is 0 Å². The lowest BCUT2D eigenvalue weighted by atomic mass is 10.0. The van der Waals surface area contributed by atoms with E-state index < -0.39 is 0 Å². The molecule has 1 aromatic heterocycles. The van der Waals surface area contributed by atoms with Crippen molar-refractivity contribution in [1.29, 1.82) is 0 Å². The molecule has 0 aliphatic carbocycles. The number of nitrogens with zero attached hydrogens (tertiary/aromatic N) is 2. The van der Waals surface area contributed by atoms with Gasteiger partial charge >= 0.3 is 0 Å². The summed E-state index contributed by atoms with van der Waals surface area (Å²) in [5.74, 6) is 0.819. The Bertz CT molecular complexity index is 633. The van der Waals surface area contributed by atoms with Gasteiger partial charge in [0.15, 0.2) is 5.78 Å². The van der Waals surface area contributed by atoms with Crippen LogP contribution in [0.1, 0.15) is 38.7 Å². The Morgan fingerprint density at radius 2 is 1.84 bits per heavy atom. The van der Waals surface area contributed by atoms with Crippen LogP contribution in [0.15, 0.2) is 24.3 Å². The van der Waals surface area contributed by atoms with Crippen LogP contribution in [0, 0.1) is 27.7 Å². The third-order valence-corrected chi connectivity index (χ3v) is 3.27. The molecule has 3 nitrogen and oxygen atoms in total. The zero-order chi connectivity index (χ0) is 14.0. The van der Waals surface area contributed by atoms with Gasteiger partial charge in [-0.2, -0.15) is 0 Å². The number of benzene rings is 1. The zero-order valence-corrected chi connectivity index (χ0v) is 11.8. The largest absolute Gasteiger partial charge is 0.294 e. The molecule has 0 saturated heterocycles. The topological polar surface area (TPSA) is 42.9 Å². The molecule has 0 aliphatic heterocycles.